The molecule has 0 aromatic rings. The fourth-order valence-electron chi connectivity index (χ4n) is 5.14. The molecular formula is C39H71NO4. The molecule has 44 heavy (non-hydrogen) atoms. The molecule has 0 saturated heterocycles. The number of hydrogen-bond donors (Lipinski definition) is 4. The standard InChI is InChI=1S/C39H71NO4/c1-3-5-7-9-11-13-14-15-16-17-18-19-20-21-22-23-24-26-27-29-31-33-37(42)36(35-41)40-39(44)38(43)34-32-30-28-25-12-10-8-6-4-2/h10,12,20-21,24,26,31,33,36-38,41-43H,3-9,11,13-19,22-23,25,27-30,32,34-35H2,1-2H3,(H,40,44)/b12-10-,21-20+,26-24+,33-31+. The van der Waals surface area contributed by atoms with E-state index in [0.29, 0.717) is 6.42 Å². The summed E-state index contributed by atoms with van der Waals surface area (Å²) in [5.74, 6) is -0.535. The highest BCUT2D eigenvalue weighted by Gasteiger charge is 2.22. The third-order valence-corrected chi connectivity index (χ3v) is 8.12. The van der Waals surface area contributed by atoms with Gasteiger partial charge in [-0.1, -0.05) is 152 Å². The number of aliphatic hydroxyl groups excluding tert-OH is 3. The van der Waals surface area contributed by atoms with Crippen molar-refractivity contribution < 1.29 is 20.1 Å². The Hall–Kier alpha value is -1.69. The Morgan fingerprint density at radius 3 is 1.45 bits per heavy atom. The summed E-state index contributed by atoms with van der Waals surface area (Å²) in [6.07, 6.45) is 42.9. The number of aliphatic hydroxyl groups is 3. The van der Waals surface area contributed by atoms with Crippen molar-refractivity contribution in [2.75, 3.05) is 6.61 Å². The largest absolute Gasteiger partial charge is 0.394 e. The van der Waals surface area contributed by atoms with Crippen LogP contribution in [0.1, 0.15) is 168 Å². The lowest BCUT2D eigenvalue weighted by atomic mass is 10.1. The SMILES string of the molecule is CCCC/C=C\CCCCCC(O)C(=O)NC(CO)C(O)/C=C/CC/C=C/CC/C=C/CCCCCCCCCCCCC. The number of hydrogen-bond acceptors (Lipinski definition) is 4. The van der Waals surface area contributed by atoms with Crippen molar-refractivity contribution in [3.8, 4) is 0 Å². The summed E-state index contributed by atoms with van der Waals surface area (Å²) >= 11 is 0. The minimum atomic E-state index is -1.12. The molecule has 3 unspecified atom stereocenters. The van der Waals surface area contributed by atoms with Gasteiger partial charge in [0.25, 0.3) is 0 Å². The molecule has 3 atom stereocenters. The average molecular weight is 618 g/mol. The van der Waals surface area contributed by atoms with Gasteiger partial charge in [0.15, 0.2) is 0 Å². The van der Waals surface area contributed by atoms with Crippen molar-refractivity contribution >= 4 is 5.91 Å². The highest BCUT2D eigenvalue weighted by molar-refractivity contribution is 5.80. The molecule has 1 amide bonds. The molecule has 0 radical (unpaired) electrons. The number of amides is 1. The Morgan fingerprint density at radius 1 is 0.545 bits per heavy atom. The molecule has 5 heteroatoms. The zero-order valence-corrected chi connectivity index (χ0v) is 28.8. The number of rotatable bonds is 32. The molecule has 0 aromatic heterocycles. The second-order valence-electron chi connectivity index (χ2n) is 12.4. The van der Waals surface area contributed by atoms with Crippen LogP contribution in [0.4, 0.5) is 0 Å². The molecule has 0 bridgehead atoms. The monoisotopic (exact) mass is 618 g/mol. The summed E-state index contributed by atoms with van der Waals surface area (Å²) in [4.78, 5) is 12.3. The van der Waals surface area contributed by atoms with Crippen molar-refractivity contribution in [3.63, 3.8) is 0 Å². The Bertz CT molecular complexity index is 730. The molecule has 0 aromatic carbocycles. The van der Waals surface area contributed by atoms with Gasteiger partial charge in [-0.25, -0.2) is 0 Å². The third kappa shape index (κ3) is 29.0. The first-order valence-electron chi connectivity index (χ1n) is 18.5. The van der Waals surface area contributed by atoms with Crippen LogP contribution in [-0.2, 0) is 4.79 Å². The number of nitrogens with one attached hydrogen (secondary N) is 1. The molecule has 5 nitrogen and oxygen atoms in total. The number of carbonyl (C=O) groups excluding carboxylic acids is 1. The topological polar surface area (TPSA) is 89.8 Å². The van der Waals surface area contributed by atoms with E-state index in [9.17, 15) is 20.1 Å². The second-order valence-corrected chi connectivity index (χ2v) is 12.4. The normalized spacial score (nSPS) is 14.4. The quantitative estimate of drug-likeness (QED) is 0.0447. The predicted molar refractivity (Wildman–Crippen MR) is 190 cm³/mol. The van der Waals surface area contributed by atoms with Gasteiger partial charge in [-0.3, -0.25) is 4.79 Å². The van der Waals surface area contributed by atoms with Crippen molar-refractivity contribution in [3.05, 3.63) is 48.6 Å². The molecule has 0 rings (SSSR count). The van der Waals surface area contributed by atoms with Crippen molar-refractivity contribution in [2.45, 2.75) is 186 Å². The lowest BCUT2D eigenvalue weighted by Crippen LogP contribution is -2.48. The number of unbranched alkanes of at least 4 members (excludes halogenated alkanes) is 18. The van der Waals surface area contributed by atoms with Crippen molar-refractivity contribution in [1.82, 2.24) is 5.32 Å². The Labute approximate surface area is 272 Å². The third-order valence-electron chi connectivity index (χ3n) is 8.12. The zero-order valence-electron chi connectivity index (χ0n) is 28.8. The van der Waals surface area contributed by atoms with Crippen LogP contribution in [0.25, 0.3) is 0 Å². The van der Waals surface area contributed by atoms with Gasteiger partial charge in [0.1, 0.15) is 6.10 Å². The summed E-state index contributed by atoms with van der Waals surface area (Å²) in [6, 6.07) is -0.825. The lowest BCUT2D eigenvalue weighted by molar-refractivity contribution is -0.131. The van der Waals surface area contributed by atoms with Gasteiger partial charge >= 0.3 is 0 Å². The molecule has 0 aliphatic carbocycles. The van der Waals surface area contributed by atoms with E-state index in [1.807, 2.05) is 6.08 Å². The molecule has 0 spiro atoms. The Balaban J connectivity index is 3.81. The van der Waals surface area contributed by atoms with Gasteiger partial charge in [0, 0.05) is 0 Å². The van der Waals surface area contributed by atoms with Crippen LogP contribution in [0.5, 0.6) is 0 Å². The van der Waals surface area contributed by atoms with Crippen molar-refractivity contribution in [1.29, 1.82) is 0 Å². The summed E-state index contributed by atoms with van der Waals surface area (Å²) in [6.45, 7) is 4.08. The van der Waals surface area contributed by atoms with Crippen LogP contribution < -0.4 is 5.32 Å². The first-order valence-corrected chi connectivity index (χ1v) is 18.5. The molecule has 256 valence electrons. The highest BCUT2D eigenvalue weighted by Crippen LogP contribution is 2.12. The summed E-state index contributed by atoms with van der Waals surface area (Å²) in [7, 11) is 0. The number of allylic oxidation sites excluding steroid dienone is 7. The maximum absolute atomic E-state index is 12.3. The maximum atomic E-state index is 12.3. The van der Waals surface area contributed by atoms with E-state index in [0.717, 1.165) is 57.8 Å². The fourth-order valence-corrected chi connectivity index (χ4v) is 5.14. The second kappa shape index (κ2) is 34.2. The fraction of sp³-hybridized carbons (Fsp3) is 0.769. The van der Waals surface area contributed by atoms with Crippen LogP contribution in [-0.4, -0.2) is 46.1 Å². The van der Waals surface area contributed by atoms with Crippen LogP contribution in [0, 0.1) is 0 Å². The van der Waals surface area contributed by atoms with E-state index in [1.165, 1.54) is 89.9 Å². The molecule has 4 N–H and O–H groups in total. The first-order chi connectivity index (χ1) is 21.6. The molecular weight excluding hydrogens is 546 g/mol. The summed E-state index contributed by atoms with van der Waals surface area (Å²) < 4.78 is 0. The smallest absolute Gasteiger partial charge is 0.249 e. The van der Waals surface area contributed by atoms with E-state index in [-0.39, 0.29) is 6.61 Å². The van der Waals surface area contributed by atoms with Gasteiger partial charge in [-0.15, -0.1) is 0 Å². The van der Waals surface area contributed by atoms with E-state index >= 15 is 0 Å². The number of carbonyl (C=O) groups is 1. The van der Waals surface area contributed by atoms with E-state index in [4.69, 9.17) is 0 Å². The van der Waals surface area contributed by atoms with E-state index in [1.54, 1.807) is 6.08 Å². The molecule has 0 aliphatic rings. The van der Waals surface area contributed by atoms with Crippen LogP contribution >= 0.6 is 0 Å². The summed E-state index contributed by atoms with van der Waals surface area (Å²) in [5, 5.41) is 32.8. The highest BCUT2D eigenvalue weighted by atomic mass is 16.3. The first kappa shape index (κ1) is 42.3. The van der Waals surface area contributed by atoms with Gasteiger partial charge in [-0.2, -0.15) is 0 Å². The van der Waals surface area contributed by atoms with Gasteiger partial charge in [0.05, 0.1) is 18.8 Å². The average Bonchev–Trinajstić information content (AvgIpc) is 3.03. The maximum Gasteiger partial charge on any atom is 0.249 e. The predicted octanol–water partition coefficient (Wildman–Crippen LogP) is 9.81. The minimum Gasteiger partial charge on any atom is -0.394 e. The lowest BCUT2D eigenvalue weighted by Gasteiger charge is -2.21. The van der Waals surface area contributed by atoms with Crippen LogP contribution in [0.2, 0.25) is 0 Å². The van der Waals surface area contributed by atoms with E-state index < -0.39 is 24.2 Å². The Kier molecular flexibility index (Phi) is 32.9. The minimum absolute atomic E-state index is 0.386. The van der Waals surface area contributed by atoms with Crippen LogP contribution in [0.15, 0.2) is 48.6 Å². The molecule has 0 saturated carbocycles. The van der Waals surface area contributed by atoms with Gasteiger partial charge < -0.3 is 20.6 Å². The van der Waals surface area contributed by atoms with E-state index in [2.05, 4.69) is 55.6 Å². The molecule has 0 aliphatic heterocycles. The summed E-state index contributed by atoms with van der Waals surface area (Å²) in [5.41, 5.74) is 0. The van der Waals surface area contributed by atoms with Crippen molar-refractivity contribution in [2.24, 2.45) is 0 Å². The van der Waals surface area contributed by atoms with Gasteiger partial charge in [0.2, 0.25) is 5.91 Å². The molecule has 0 fully saturated rings. The zero-order chi connectivity index (χ0) is 32.4. The molecule has 0 heterocycles. The van der Waals surface area contributed by atoms with Gasteiger partial charge in [-0.05, 0) is 64.2 Å². The Morgan fingerprint density at radius 2 is 0.955 bits per heavy atom. The van der Waals surface area contributed by atoms with Crippen LogP contribution in [0.3, 0.4) is 0 Å².